The molecule has 0 radical (unpaired) electrons. The van der Waals surface area contributed by atoms with E-state index in [1.54, 1.807) is 18.4 Å². The molecular formula is C30H33FN6O5. The first-order valence-corrected chi connectivity index (χ1v) is 13.5. The second-order valence-electron chi connectivity index (χ2n) is 11.1. The first-order chi connectivity index (χ1) is 20.0. The van der Waals surface area contributed by atoms with Crippen molar-refractivity contribution in [3.63, 3.8) is 0 Å². The fourth-order valence-electron chi connectivity index (χ4n) is 4.84. The van der Waals surface area contributed by atoms with Crippen LogP contribution in [0.15, 0.2) is 48.7 Å². The van der Waals surface area contributed by atoms with Gasteiger partial charge in [-0.05, 0) is 56.8 Å². The lowest BCUT2D eigenvalue weighted by molar-refractivity contribution is 0.0630. The number of hydrogen-bond donors (Lipinski definition) is 3. The van der Waals surface area contributed by atoms with Gasteiger partial charge in [0.25, 0.3) is 5.91 Å². The highest BCUT2D eigenvalue weighted by Crippen LogP contribution is 2.32. The SMILES string of the molecule is CN1CCN(Cc2ccc3nc(NC(=O)c4ccnc(Oc5c(F)ccc(O)c5C=O)c4)n(CC(C)(C)O)c3c2)CC1. The Morgan fingerprint density at radius 1 is 1.14 bits per heavy atom. The summed E-state index contributed by atoms with van der Waals surface area (Å²) in [5.74, 6) is -2.29. The van der Waals surface area contributed by atoms with E-state index < -0.39 is 28.8 Å². The molecule has 0 unspecified atom stereocenters. The number of halogens is 1. The van der Waals surface area contributed by atoms with Crippen molar-refractivity contribution in [2.45, 2.75) is 32.5 Å². The number of nitrogens with zero attached hydrogens (tertiary/aromatic N) is 5. The summed E-state index contributed by atoms with van der Waals surface area (Å²) < 4.78 is 21.6. The number of imidazole rings is 1. The molecule has 0 bridgehead atoms. The third kappa shape index (κ3) is 6.56. The van der Waals surface area contributed by atoms with Gasteiger partial charge in [-0.15, -0.1) is 0 Å². The van der Waals surface area contributed by atoms with Gasteiger partial charge in [-0.2, -0.15) is 0 Å². The number of benzene rings is 2. The molecule has 0 aliphatic carbocycles. The molecule has 3 N–H and O–H groups in total. The van der Waals surface area contributed by atoms with Crippen LogP contribution >= 0.6 is 0 Å². The third-order valence-electron chi connectivity index (χ3n) is 7.03. The number of anilines is 1. The molecular weight excluding hydrogens is 543 g/mol. The summed E-state index contributed by atoms with van der Waals surface area (Å²) in [5, 5.41) is 23.4. The van der Waals surface area contributed by atoms with Crippen molar-refractivity contribution in [3.8, 4) is 17.4 Å². The molecule has 1 fully saturated rings. The van der Waals surface area contributed by atoms with Gasteiger partial charge in [-0.3, -0.25) is 19.8 Å². The van der Waals surface area contributed by atoms with E-state index in [4.69, 9.17) is 4.74 Å². The zero-order valence-electron chi connectivity index (χ0n) is 23.7. The minimum absolute atomic E-state index is 0.130. The van der Waals surface area contributed by atoms with Crippen molar-refractivity contribution >= 4 is 29.2 Å². The van der Waals surface area contributed by atoms with Gasteiger partial charge in [0.1, 0.15) is 11.3 Å². The van der Waals surface area contributed by atoms with Crippen molar-refractivity contribution in [3.05, 3.63) is 71.2 Å². The number of aldehydes is 1. The number of amides is 1. The van der Waals surface area contributed by atoms with Crippen LogP contribution in [0.3, 0.4) is 0 Å². The van der Waals surface area contributed by atoms with Crippen molar-refractivity contribution < 1.29 is 28.9 Å². The quantitative estimate of drug-likeness (QED) is 0.255. The summed E-state index contributed by atoms with van der Waals surface area (Å²) in [6, 6.07) is 10.7. The summed E-state index contributed by atoms with van der Waals surface area (Å²) in [4.78, 5) is 38.0. The van der Waals surface area contributed by atoms with E-state index in [1.807, 2.05) is 18.2 Å². The second kappa shape index (κ2) is 11.8. The Kier molecular flexibility index (Phi) is 8.21. The number of pyridine rings is 1. The molecule has 0 spiro atoms. The normalized spacial score (nSPS) is 14.7. The number of carbonyl (C=O) groups is 2. The van der Waals surface area contributed by atoms with Crippen molar-refractivity contribution in [2.24, 2.45) is 0 Å². The standard InChI is InChI=1S/C30H33FN6O5/c1-30(2,41)18-37-24-14-19(16-36-12-10-35(3)11-13-36)4-6-23(24)33-29(37)34-28(40)20-8-9-32-26(15-20)42-27-21(17-38)25(39)7-5-22(27)31/h4-9,14-15,17,39,41H,10-13,16,18H2,1-3H3,(H,33,34,40). The number of carbonyl (C=O) groups excluding carboxylic acids is 2. The van der Waals surface area contributed by atoms with Gasteiger partial charge in [-0.1, -0.05) is 6.07 Å². The Balaban J connectivity index is 1.41. The Labute approximate surface area is 242 Å². The molecule has 42 heavy (non-hydrogen) atoms. The van der Waals surface area contributed by atoms with Gasteiger partial charge >= 0.3 is 0 Å². The largest absolute Gasteiger partial charge is 0.507 e. The minimum atomic E-state index is -1.10. The number of ether oxygens (including phenoxy) is 1. The lowest BCUT2D eigenvalue weighted by Gasteiger charge is -2.32. The van der Waals surface area contributed by atoms with Gasteiger partial charge in [0.05, 0.1) is 23.2 Å². The predicted molar refractivity (Wildman–Crippen MR) is 155 cm³/mol. The zero-order chi connectivity index (χ0) is 30.0. The molecule has 1 saturated heterocycles. The number of hydrogen-bond acceptors (Lipinski definition) is 9. The van der Waals surface area contributed by atoms with Crippen LogP contribution < -0.4 is 10.1 Å². The highest BCUT2D eigenvalue weighted by atomic mass is 19.1. The smallest absolute Gasteiger partial charge is 0.258 e. The number of piperazine rings is 1. The molecule has 4 aromatic rings. The molecule has 12 heteroatoms. The maximum atomic E-state index is 14.4. The van der Waals surface area contributed by atoms with Crippen molar-refractivity contribution in [2.75, 3.05) is 38.5 Å². The lowest BCUT2D eigenvalue weighted by atomic mass is 10.1. The second-order valence-corrected chi connectivity index (χ2v) is 11.1. The summed E-state index contributed by atoms with van der Waals surface area (Å²) in [5.41, 5.74) is 1.20. The molecule has 2 aromatic heterocycles. The van der Waals surface area contributed by atoms with Crippen LogP contribution in [0.25, 0.3) is 11.0 Å². The predicted octanol–water partition coefficient (Wildman–Crippen LogP) is 3.65. The number of aliphatic hydroxyl groups is 1. The summed E-state index contributed by atoms with van der Waals surface area (Å²) in [7, 11) is 2.12. The van der Waals surface area contributed by atoms with Gasteiger partial charge in [0, 0.05) is 50.6 Å². The van der Waals surface area contributed by atoms with Crippen LogP contribution in [0.2, 0.25) is 0 Å². The average Bonchev–Trinajstić information content (AvgIpc) is 3.27. The molecule has 1 aliphatic heterocycles. The number of phenolic OH excluding ortho intramolecular Hbond substituents is 1. The Morgan fingerprint density at radius 3 is 2.62 bits per heavy atom. The Morgan fingerprint density at radius 2 is 1.90 bits per heavy atom. The molecule has 11 nitrogen and oxygen atoms in total. The lowest BCUT2D eigenvalue weighted by Crippen LogP contribution is -2.43. The van der Waals surface area contributed by atoms with Crippen LogP contribution in [0.4, 0.5) is 10.3 Å². The van der Waals surface area contributed by atoms with Gasteiger partial charge in [-0.25, -0.2) is 14.4 Å². The van der Waals surface area contributed by atoms with E-state index >= 15 is 0 Å². The maximum Gasteiger partial charge on any atom is 0.258 e. The van der Waals surface area contributed by atoms with E-state index in [2.05, 4.69) is 32.1 Å². The monoisotopic (exact) mass is 576 g/mol. The Bertz CT molecular complexity index is 1620. The van der Waals surface area contributed by atoms with E-state index in [9.17, 15) is 24.2 Å². The topological polar surface area (TPSA) is 133 Å². The number of nitrogens with one attached hydrogen (secondary N) is 1. The fourth-order valence-corrected chi connectivity index (χ4v) is 4.84. The van der Waals surface area contributed by atoms with E-state index in [-0.39, 0.29) is 35.8 Å². The van der Waals surface area contributed by atoms with E-state index in [0.717, 1.165) is 55.9 Å². The highest BCUT2D eigenvalue weighted by molar-refractivity contribution is 6.04. The summed E-state index contributed by atoms with van der Waals surface area (Å²) in [6.07, 6.45) is 1.57. The van der Waals surface area contributed by atoms with Crippen LogP contribution in [0.5, 0.6) is 17.4 Å². The van der Waals surface area contributed by atoms with Gasteiger partial charge in [0.15, 0.2) is 17.9 Å². The zero-order valence-corrected chi connectivity index (χ0v) is 23.7. The number of aromatic nitrogens is 3. The molecule has 220 valence electrons. The highest BCUT2D eigenvalue weighted by Gasteiger charge is 2.23. The van der Waals surface area contributed by atoms with Crippen LogP contribution in [0.1, 0.15) is 40.1 Å². The van der Waals surface area contributed by atoms with Gasteiger partial charge in [0.2, 0.25) is 11.8 Å². The first kappa shape index (κ1) is 29.1. The summed E-state index contributed by atoms with van der Waals surface area (Å²) >= 11 is 0. The first-order valence-electron chi connectivity index (χ1n) is 13.5. The molecule has 0 saturated carbocycles. The summed E-state index contributed by atoms with van der Waals surface area (Å²) in [6.45, 7) is 8.29. The van der Waals surface area contributed by atoms with E-state index in [1.165, 1.54) is 18.3 Å². The Hall–Kier alpha value is -4.39. The molecule has 2 aromatic carbocycles. The number of fused-ring (bicyclic) bond motifs is 1. The van der Waals surface area contributed by atoms with Gasteiger partial charge < -0.3 is 24.4 Å². The fraction of sp³-hybridized carbons (Fsp3) is 0.333. The number of phenols is 1. The molecule has 3 heterocycles. The number of aromatic hydroxyl groups is 1. The van der Waals surface area contributed by atoms with Crippen molar-refractivity contribution in [1.29, 1.82) is 0 Å². The van der Waals surface area contributed by atoms with Crippen LogP contribution in [-0.4, -0.2) is 85.6 Å². The number of likely N-dealkylation sites (N-methyl/N-ethyl adjacent to an activating group) is 1. The average molecular weight is 577 g/mol. The van der Waals surface area contributed by atoms with Crippen LogP contribution in [-0.2, 0) is 13.1 Å². The maximum absolute atomic E-state index is 14.4. The number of rotatable bonds is 9. The third-order valence-corrected chi connectivity index (χ3v) is 7.03. The van der Waals surface area contributed by atoms with Crippen molar-refractivity contribution in [1.82, 2.24) is 24.3 Å². The van der Waals surface area contributed by atoms with Crippen LogP contribution in [0, 0.1) is 5.82 Å². The molecule has 0 atom stereocenters. The molecule has 5 rings (SSSR count). The molecule has 1 amide bonds. The molecule has 1 aliphatic rings. The minimum Gasteiger partial charge on any atom is -0.507 e. The van der Waals surface area contributed by atoms with E-state index in [0.29, 0.717) is 5.52 Å².